The molecule has 0 aromatic carbocycles. The number of nitrogens with one attached hydrogen (secondary N) is 2. The van der Waals surface area contributed by atoms with Gasteiger partial charge in [0.05, 0.1) is 24.6 Å². The number of ether oxygens (including phenoxy) is 2. The molecule has 0 spiro atoms. The molecular formula is C57H102N4O7S. The van der Waals surface area contributed by atoms with Gasteiger partial charge in [0, 0.05) is 43.8 Å². The highest BCUT2D eigenvalue weighted by Crippen LogP contribution is 2.38. The van der Waals surface area contributed by atoms with Gasteiger partial charge >= 0.3 is 11.9 Å². The van der Waals surface area contributed by atoms with E-state index in [1.165, 1.54) is 120 Å². The number of thiophene rings is 1. The summed E-state index contributed by atoms with van der Waals surface area (Å²) in [6, 6.07) is 0. The van der Waals surface area contributed by atoms with Crippen molar-refractivity contribution in [2.24, 2.45) is 5.92 Å². The Balaban J connectivity index is 1.89. The zero-order valence-corrected chi connectivity index (χ0v) is 45.9. The molecule has 1 aromatic rings. The largest absolute Gasteiger partial charge is 0.465 e. The van der Waals surface area contributed by atoms with Gasteiger partial charge in [0.2, 0.25) is 11.8 Å². The zero-order valence-electron chi connectivity index (χ0n) is 45.1. The predicted molar refractivity (Wildman–Crippen MR) is 287 cm³/mol. The molecule has 69 heavy (non-hydrogen) atoms. The Kier molecular flexibility index (Phi) is 36.5. The number of carbonyl (C=O) groups is 5. The van der Waals surface area contributed by atoms with Gasteiger partial charge in [0.15, 0.2) is 0 Å². The number of carbonyl (C=O) groups excluding carboxylic acids is 5. The van der Waals surface area contributed by atoms with Gasteiger partial charge in [-0.1, -0.05) is 156 Å². The van der Waals surface area contributed by atoms with Crippen LogP contribution in [-0.2, 0) is 41.6 Å². The standard InChI is InChI=1S/C57H102N4O7S/c1-7-11-15-19-22-27-35-47(34-26-18-14-10-4)57(66)67-45-33-25-30-38-51(62)59-56-54(55(65)58-42-44-60(5)6)49-41-43-61(46-50(49)69-56)52(63)39-31-32-40-53(64)68-48(36-28-23-20-16-12-8-2)37-29-24-21-17-13-9-3/h47-48H,7-46H2,1-6H3,(H,58,65)(H,59,62). The van der Waals surface area contributed by atoms with Gasteiger partial charge in [0.1, 0.15) is 11.1 Å². The number of nitrogens with zero attached hydrogens (tertiary/aromatic N) is 2. The van der Waals surface area contributed by atoms with Crippen LogP contribution in [0, 0.1) is 5.92 Å². The molecule has 1 unspecified atom stereocenters. The number of unbranched alkanes of at least 4 members (excludes halogenated alkanes) is 21. The third-order valence-electron chi connectivity index (χ3n) is 13.8. The lowest BCUT2D eigenvalue weighted by Crippen LogP contribution is -2.36. The molecule has 1 aromatic heterocycles. The molecule has 0 fully saturated rings. The van der Waals surface area contributed by atoms with Crippen LogP contribution in [0.1, 0.15) is 267 Å². The van der Waals surface area contributed by atoms with Crippen LogP contribution in [0.3, 0.4) is 0 Å². The third-order valence-corrected chi connectivity index (χ3v) is 14.9. The molecule has 0 bridgehead atoms. The highest BCUT2D eigenvalue weighted by molar-refractivity contribution is 7.17. The van der Waals surface area contributed by atoms with E-state index in [9.17, 15) is 24.0 Å². The van der Waals surface area contributed by atoms with Gasteiger partial charge in [-0.15, -0.1) is 11.3 Å². The summed E-state index contributed by atoms with van der Waals surface area (Å²) in [5.41, 5.74) is 1.42. The highest BCUT2D eigenvalue weighted by atomic mass is 32.1. The molecule has 0 saturated heterocycles. The minimum Gasteiger partial charge on any atom is -0.465 e. The Morgan fingerprint density at radius 2 is 1.13 bits per heavy atom. The maximum Gasteiger partial charge on any atom is 0.308 e. The second kappa shape index (κ2) is 40.6. The minimum absolute atomic E-state index is 0.00943. The average molecular weight is 988 g/mol. The molecule has 2 heterocycles. The van der Waals surface area contributed by atoms with Crippen LogP contribution < -0.4 is 10.6 Å². The molecule has 0 radical (unpaired) electrons. The molecule has 2 N–H and O–H groups in total. The maximum atomic E-state index is 13.7. The highest BCUT2D eigenvalue weighted by Gasteiger charge is 2.30. The van der Waals surface area contributed by atoms with Crippen LogP contribution in [0.5, 0.6) is 0 Å². The van der Waals surface area contributed by atoms with Crippen LogP contribution in [0.15, 0.2) is 0 Å². The fraction of sp³-hybridized carbons (Fsp3) is 0.842. The smallest absolute Gasteiger partial charge is 0.308 e. The Morgan fingerprint density at radius 1 is 0.623 bits per heavy atom. The molecule has 0 aliphatic carbocycles. The van der Waals surface area contributed by atoms with Crippen molar-refractivity contribution >= 4 is 46.0 Å². The second-order valence-electron chi connectivity index (χ2n) is 20.4. The number of hydrogen-bond donors (Lipinski definition) is 2. The predicted octanol–water partition coefficient (Wildman–Crippen LogP) is 14.3. The average Bonchev–Trinajstić information content (AvgIpc) is 3.69. The quantitative estimate of drug-likeness (QED) is 0.0488. The Hall–Kier alpha value is -2.99. The van der Waals surface area contributed by atoms with Gasteiger partial charge in [-0.2, -0.15) is 0 Å². The summed E-state index contributed by atoms with van der Waals surface area (Å²) in [6.07, 6.45) is 35.1. The number of anilines is 1. The minimum atomic E-state index is -0.209. The van der Waals surface area contributed by atoms with E-state index in [1.54, 1.807) is 0 Å². The lowest BCUT2D eigenvalue weighted by molar-refractivity contribution is -0.150. The number of esters is 2. The van der Waals surface area contributed by atoms with Crippen LogP contribution in [0.2, 0.25) is 0 Å². The summed E-state index contributed by atoms with van der Waals surface area (Å²) in [6.45, 7) is 11.3. The van der Waals surface area contributed by atoms with E-state index in [1.807, 2.05) is 23.9 Å². The molecule has 1 aliphatic heterocycles. The van der Waals surface area contributed by atoms with Crippen LogP contribution in [0.25, 0.3) is 0 Å². The Labute approximate surface area is 425 Å². The number of rotatable bonds is 44. The third kappa shape index (κ3) is 29.2. The van der Waals surface area contributed by atoms with Crippen LogP contribution >= 0.6 is 11.3 Å². The first-order valence-corrected chi connectivity index (χ1v) is 29.4. The van der Waals surface area contributed by atoms with Crippen molar-refractivity contribution in [1.29, 1.82) is 0 Å². The van der Waals surface area contributed by atoms with Gasteiger partial charge in [-0.05, 0) is 96.7 Å². The van der Waals surface area contributed by atoms with Crippen LogP contribution in [-0.4, -0.2) is 85.9 Å². The summed E-state index contributed by atoms with van der Waals surface area (Å²) in [7, 11) is 3.92. The first kappa shape index (κ1) is 62.1. The van der Waals surface area contributed by atoms with Crippen molar-refractivity contribution in [3.63, 3.8) is 0 Å². The van der Waals surface area contributed by atoms with E-state index >= 15 is 0 Å². The number of amides is 3. The summed E-state index contributed by atoms with van der Waals surface area (Å²) in [5.74, 6) is -0.544. The lowest BCUT2D eigenvalue weighted by Gasteiger charge is -2.27. The number of likely N-dealkylation sites (N-methyl/N-ethyl adjacent to an activating group) is 1. The van der Waals surface area contributed by atoms with E-state index in [2.05, 4.69) is 38.3 Å². The van der Waals surface area contributed by atoms with E-state index in [0.717, 1.165) is 74.6 Å². The van der Waals surface area contributed by atoms with Crippen molar-refractivity contribution in [3.05, 3.63) is 16.0 Å². The molecule has 1 atom stereocenters. The van der Waals surface area contributed by atoms with E-state index in [-0.39, 0.29) is 41.7 Å². The van der Waals surface area contributed by atoms with Crippen molar-refractivity contribution in [2.75, 3.05) is 45.7 Å². The fourth-order valence-electron chi connectivity index (χ4n) is 9.35. The zero-order chi connectivity index (χ0) is 50.3. The summed E-state index contributed by atoms with van der Waals surface area (Å²) in [4.78, 5) is 71.4. The maximum absolute atomic E-state index is 13.7. The topological polar surface area (TPSA) is 134 Å². The molecular weight excluding hydrogens is 885 g/mol. The van der Waals surface area contributed by atoms with Crippen molar-refractivity contribution < 1.29 is 33.4 Å². The summed E-state index contributed by atoms with van der Waals surface area (Å²) >= 11 is 1.39. The van der Waals surface area contributed by atoms with Crippen molar-refractivity contribution in [2.45, 2.75) is 265 Å². The molecule has 1 aliphatic rings. The Morgan fingerprint density at radius 3 is 1.71 bits per heavy atom. The normalized spacial score (nSPS) is 12.9. The fourth-order valence-corrected chi connectivity index (χ4v) is 10.6. The lowest BCUT2D eigenvalue weighted by atomic mass is 9.94. The second-order valence-corrected chi connectivity index (χ2v) is 21.5. The van der Waals surface area contributed by atoms with E-state index < -0.39 is 0 Å². The molecule has 11 nitrogen and oxygen atoms in total. The van der Waals surface area contributed by atoms with Crippen molar-refractivity contribution in [1.82, 2.24) is 15.1 Å². The van der Waals surface area contributed by atoms with Gasteiger partial charge in [0.25, 0.3) is 5.91 Å². The summed E-state index contributed by atoms with van der Waals surface area (Å²) in [5, 5.41) is 6.65. The van der Waals surface area contributed by atoms with Gasteiger partial charge in [-0.25, -0.2) is 0 Å². The Bertz CT molecular complexity index is 1520. The van der Waals surface area contributed by atoms with Crippen molar-refractivity contribution in [3.8, 4) is 0 Å². The monoisotopic (exact) mass is 987 g/mol. The number of hydrogen-bond acceptors (Lipinski definition) is 9. The van der Waals surface area contributed by atoms with Gasteiger partial charge < -0.3 is 29.9 Å². The molecule has 398 valence electrons. The van der Waals surface area contributed by atoms with Gasteiger partial charge in [-0.3, -0.25) is 24.0 Å². The van der Waals surface area contributed by atoms with Crippen LogP contribution in [0.4, 0.5) is 5.00 Å². The SMILES string of the molecule is CCCCCCCCC(CCCCCCCC)OC(=O)CCCCC(=O)N1CCc2c(sc(NC(=O)CCCCCOC(=O)C(CCCCCC)CCCCCCCC)c2C(=O)NCCN(C)C)C1. The van der Waals surface area contributed by atoms with E-state index in [0.29, 0.717) is 94.7 Å². The first-order valence-electron chi connectivity index (χ1n) is 28.5. The number of fused-ring (bicyclic) bond motifs is 1. The molecule has 3 amide bonds. The first-order chi connectivity index (χ1) is 33.5. The molecule has 2 rings (SSSR count). The molecule has 12 heteroatoms. The summed E-state index contributed by atoms with van der Waals surface area (Å²) < 4.78 is 11.8. The van der Waals surface area contributed by atoms with E-state index in [4.69, 9.17) is 9.47 Å². The molecule has 0 saturated carbocycles.